The SMILES string of the molecule is CCNC1(C(N)=O)CCC(Sc2cccc(C)c2)C1. The van der Waals surface area contributed by atoms with E-state index in [9.17, 15) is 4.79 Å². The molecule has 0 spiro atoms. The Hall–Kier alpha value is -1.00. The van der Waals surface area contributed by atoms with E-state index in [1.165, 1.54) is 10.5 Å². The van der Waals surface area contributed by atoms with Gasteiger partial charge < -0.3 is 11.1 Å². The van der Waals surface area contributed by atoms with E-state index in [4.69, 9.17) is 5.73 Å². The van der Waals surface area contributed by atoms with Gasteiger partial charge in [0.1, 0.15) is 0 Å². The Balaban J connectivity index is 2.03. The van der Waals surface area contributed by atoms with Gasteiger partial charge in [-0.25, -0.2) is 0 Å². The quantitative estimate of drug-likeness (QED) is 0.870. The van der Waals surface area contributed by atoms with Crippen molar-refractivity contribution in [3.05, 3.63) is 29.8 Å². The third-order valence-electron chi connectivity index (χ3n) is 3.75. The van der Waals surface area contributed by atoms with E-state index in [1.54, 1.807) is 0 Å². The number of likely N-dealkylation sites (N-methyl/N-ethyl adjacent to an activating group) is 1. The minimum absolute atomic E-state index is 0.207. The molecule has 19 heavy (non-hydrogen) atoms. The van der Waals surface area contributed by atoms with Gasteiger partial charge in [0, 0.05) is 10.1 Å². The van der Waals surface area contributed by atoms with Crippen LogP contribution in [-0.2, 0) is 4.79 Å². The summed E-state index contributed by atoms with van der Waals surface area (Å²) < 4.78 is 0. The Labute approximate surface area is 119 Å². The molecule has 4 heteroatoms. The molecular formula is C15H22N2OS. The molecule has 0 saturated heterocycles. The summed E-state index contributed by atoms with van der Waals surface area (Å²) >= 11 is 1.86. The summed E-state index contributed by atoms with van der Waals surface area (Å²) in [6.45, 7) is 4.90. The summed E-state index contributed by atoms with van der Waals surface area (Å²) in [5.41, 5.74) is 6.37. The Morgan fingerprint density at radius 2 is 2.37 bits per heavy atom. The second-order valence-electron chi connectivity index (χ2n) is 5.28. The molecule has 2 rings (SSSR count). The number of aryl methyl sites for hydroxylation is 1. The van der Waals surface area contributed by atoms with Crippen molar-refractivity contribution in [3.63, 3.8) is 0 Å². The smallest absolute Gasteiger partial charge is 0.237 e. The highest BCUT2D eigenvalue weighted by atomic mass is 32.2. The van der Waals surface area contributed by atoms with Gasteiger partial charge in [-0.3, -0.25) is 4.79 Å². The van der Waals surface area contributed by atoms with Crippen molar-refractivity contribution >= 4 is 17.7 Å². The number of amides is 1. The number of thioether (sulfide) groups is 1. The molecule has 2 atom stereocenters. The summed E-state index contributed by atoms with van der Waals surface area (Å²) in [7, 11) is 0. The fraction of sp³-hybridized carbons (Fsp3) is 0.533. The van der Waals surface area contributed by atoms with Crippen molar-refractivity contribution in [2.45, 2.75) is 48.8 Å². The molecule has 0 aliphatic heterocycles. The Bertz CT molecular complexity index is 463. The van der Waals surface area contributed by atoms with E-state index < -0.39 is 5.54 Å². The van der Waals surface area contributed by atoms with Crippen LogP contribution in [0, 0.1) is 6.92 Å². The maximum absolute atomic E-state index is 11.7. The number of nitrogens with two attached hydrogens (primary N) is 1. The van der Waals surface area contributed by atoms with Crippen molar-refractivity contribution in [2.24, 2.45) is 5.73 Å². The molecule has 1 amide bonds. The van der Waals surface area contributed by atoms with Crippen LogP contribution in [0.5, 0.6) is 0 Å². The molecule has 0 aromatic heterocycles. The maximum Gasteiger partial charge on any atom is 0.237 e. The number of hydrogen-bond donors (Lipinski definition) is 2. The first kappa shape index (κ1) is 14.4. The van der Waals surface area contributed by atoms with E-state index in [1.807, 2.05) is 18.7 Å². The molecule has 3 nitrogen and oxygen atoms in total. The Morgan fingerprint density at radius 3 is 3.00 bits per heavy atom. The highest BCUT2D eigenvalue weighted by Gasteiger charge is 2.43. The number of hydrogen-bond acceptors (Lipinski definition) is 3. The van der Waals surface area contributed by atoms with Crippen LogP contribution in [-0.4, -0.2) is 23.2 Å². The number of rotatable bonds is 5. The number of benzene rings is 1. The molecule has 1 aromatic carbocycles. The fourth-order valence-electron chi connectivity index (χ4n) is 2.79. The van der Waals surface area contributed by atoms with Gasteiger partial charge in [0.25, 0.3) is 0 Å². The van der Waals surface area contributed by atoms with Gasteiger partial charge in [-0.05, 0) is 44.9 Å². The average molecular weight is 278 g/mol. The van der Waals surface area contributed by atoms with Gasteiger partial charge in [-0.2, -0.15) is 0 Å². The van der Waals surface area contributed by atoms with Gasteiger partial charge in [-0.1, -0.05) is 24.6 Å². The molecule has 1 saturated carbocycles. The van der Waals surface area contributed by atoms with E-state index in [-0.39, 0.29) is 5.91 Å². The highest BCUT2D eigenvalue weighted by molar-refractivity contribution is 8.00. The molecule has 104 valence electrons. The van der Waals surface area contributed by atoms with E-state index in [2.05, 4.69) is 36.5 Å². The van der Waals surface area contributed by atoms with Crippen molar-refractivity contribution in [2.75, 3.05) is 6.54 Å². The maximum atomic E-state index is 11.7. The van der Waals surface area contributed by atoms with Gasteiger partial charge >= 0.3 is 0 Å². The van der Waals surface area contributed by atoms with Crippen LogP contribution >= 0.6 is 11.8 Å². The molecule has 3 N–H and O–H groups in total. The van der Waals surface area contributed by atoms with E-state index >= 15 is 0 Å². The molecular weight excluding hydrogens is 256 g/mol. The summed E-state index contributed by atoms with van der Waals surface area (Å²) in [5.74, 6) is -0.207. The van der Waals surface area contributed by atoms with Crippen LogP contribution in [0.1, 0.15) is 31.7 Å². The predicted octanol–water partition coefficient (Wildman–Crippen LogP) is 2.47. The minimum Gasteiger partial charge on any atom is -0.368 e. The molecule has 0 radical (unpaired) electrons. The highest BCUT2D eigenvalue weighted by Crippen LogP contribution is 2.40. The molecule has 1 aliphatic carbocycles. The monoisotopic (exact) mass is 278 g/mol. The van der Waals surface area contributed by atoms with Gasteiger partial charge in [0.2, 0.25) is 5.91 Å². The lowest BCUT2D eigenvalue weighted by Gasteiger charge is -2.26. The first-order chi connectivity index (χ1) is 9.05. The second kappa shape index (κ2) is 5.97. The zero-order valence-corrected chi connectivity index (χ0v) is 12.4. The van der Waals surface area contributed by atoms with Crippen LogP contribution in [0.15, 0.2) is 29.2 Å². The molecule has 1 aliphatic rings. The third-order valence-corrected chi connectivity index (χ3v) is 5.01. The van der Waals surface area contributed by atoms with Crippen LogP contribution in [0.3, 0.4) is 0 Å². The lowest BCUT2D eigenvalue weighted by Crippen LogP contribution is -2.53. The molecule has 2 unspecified atom stereocenters. The molecule has 1 fully saturated rings. The van der Waals surface area contributed by atoms with Crippen LogP contribution in [0.4, 0.5) is 0 Å². The topological polar surface area (TPSA) is 55.1 Å². The third kappa shape index (κ3) is 3.31. The zero-order valence-electron chi connectivity index (χ0n) is 11.6. The van der Waals surface area contributed by atoms with Crippen molar-refractivity contribution < 1.29 is 4.79 Å². The number of carbonyl (C=O) groups excluding carboxylic acids is 1. The van der Waals surface area contributed by atoms with E-state index in [0.717, 1.165) is 25.8 Å². The largest absolute Gasteiger partial charge is 0.368 e. The number of carbonyl (C=O) groups is 1. The van der Waals surface area contributed by atoms with Crippen LogP contribution < -0.4 is 11.1 Å². The summed E-state index contributed by atoms with van der Waals surface area (Å²) in [4.78, 5) is 13.0. The zero-order chi connectivity index (χ0) is 13.9. The Morgan fingerprint density at radius 1 is 1.58 bits per heavy atom. The van der Waals surface area contributed by atoms with E-state index in [0.29, 0.717) is 5.25 Å². The summed E-state index contributed by atoms with van der Waals surface area (Å²) in [5, 5.41) is 3.76. The van der Waals surface area contributed by atoms with Crippen molar-refractivity contribution in [1.82, 2.24) is 5.32 Å². The lowest BCUT2D eigenvalue weighted by molar-refractivity contribution is -0.124. The summed E-state index contributed by atoms with van der Waals surface area (Å²) in [6, 6.07) is 8.51. The van der Waals surface area contributed by atoms with Gasteiger partial charge in [-0.15, -0.1) is 11.8 Å². The van der Waals surface area contributed by atoms with Crippen LogP contribution in [0.25, 0.3) is 0 Å². The first-order valence-electron chi connectivity index (χ1n) is 6.84. The van der Waals surface area contributed by atoms with Crippen molar-refractivity contribution in [3.8, 4) is 0 Å². The number of nitrogens with one attached hydrogen (secondary N) is 1. The van der Waals surface area contributed by atoms with Crippen LogP contribution in [0.2, 0.25) is 0 Å². The molecule has 0 bridgehead atoms. The average Bonchev–Trinajstić information content (AvgIpc) is 2.74. The van der Waals surface area contributed by atoms with Crippen molar-refractivity contribution in [1.29, 1.82) is 0 Å². The molecule has 0 heterocycles. The lowest BCUT2D eigenvalue weighted by atomic mass is 9.97. The second-order valence-corrected chi connectivity index (χ2v) is 6.65. The normalized spacial score (nSPS) is 26.5. The van der Waals surface area contributed by atoms with Gasteiger partial charge in [0.15, 0.2) is 0 Å². The fourth-order valence-corrected chi connectivity index (χ4v) is 4.19. The molecule has 1 aromatic rings. The summed E-state index contributed by atoms with van der Waals surface area (Å²) in [6.07, 6.45) is 2.71. The standard InChI is InChI=1S/C15H22N2OS/c1-3-17-15(14(16)18)8-7-13(10-15)19-12-6-4-5-11(2)9-12/h4-6,9,13,17H,3,7-8,10H2,1-2H3,(H2,16,18). The minimum atomic E-state index is -0.490. The van der Waals surface area contributed by atoms with Gasteiger partial charge in [0.05, 0.1) is 5.54 Å². The first-order valence-corrected chi connectivity index (χ1v) is 7.72. The predicted molar refractivity (Wildman–Crippen MR) is 80.3 cm³/mol. The Kier molecular flexibility index (Phi) is 4.53. The number of primary amides is 1.